The van der Waals surface area contributed by atoms with Crippen molar-refractivity contribution >= 4 is 40.2 Å². The molecule has 0 radical (unpaired) electrons. The first-order valence-electron chi connectivity index (χ1n) is 10.3. The predicted molar refractivity (Wildman–Crippen MR) is 122 cm³/mol. The second kappa shape index (κ2) is 9.34. The first-order valence-corrected chi connectivity index (χ1v) is 11.3. The molecule has 0 bridgehead atoms. The van der Waals surface area contributed by atoms with Crippen molar-refractivity contribution in [3.8, 4) is 0 Å². The van der Waals surface area contributed by atoms with E-state index in [-0.39, 0.29) is 36.8 Å². The van der Waals surface area contributed by atoms with E-state index in [2.05, 4.69) is 9.97 Å². The van der Waals surface area contributed by atoms with Crippen molar-refractivity contribution in [2.45, 2.75) is 31.2 Å². The fraction of sp³-hybridized carbons (Fsp3) is 0.304. The number of benzene rings is 2. The maximum atomic E-state index is 12.8. The van der Waals surface area contributed by atoms with E-state index in [4.69, 9.17) is 0 Å². The van der Waals surface area contributed by atoms with E-state index in [1.165, 1.54) is 0 Å². The number of rotatable bonds is 6. The molecule has 1 aliphatic heterocycles. The number of carbonyl (C=O) groups excluding carboxylic acids is 2. The SMILES string of the molecule is CCN(Cc1nc2ccccc2c(=O)[nH]1)C(=O)CCC(=O)N1CCSc2ccccc21. The maximum absolute atomic E-state index is 12.8. The number of fused-ring (bicyclic) bond motifs is 2. The van der Waals surface area contributed by atoms with Gasteiger partial charge in [-0.15, -0.1) is 11.8 Å². The van der Waals surface area contributed by atoms with E-state index < -0.39 is 0 Å². The monoisotopic (exact) mass is 436 g/mol. The van der Waals surface area contributed by atoms with Crippen molar-refractivity contribution in [3.63, 3.8) is 0 Å². The number of hydrogen-bond acceptors (Lipinski definition) is 5. The number of amides is 2. The Hall–Kier alpha value is -3.13. The molecular formula is C23H24N4O3S. The summed E-state index contributed by atoms with van der Waals surface area (Å²) in [7, 11) is 0. The Bertz CT molecular complexity index is 1180. The molecular weight excluding hydrogens is 412 g/mol. The number of nitrogens with one attached hydrogen (secondary N) is 1. The molecule has 0 fully saturated rings. The van der Waals surface area contributed by atoms with E-state index in [1.54, 1.807) is 39.8 Å². The number of aromatic amines is 1. The zero-order valence-electron chi connectivity index (χ0n) is 17.3. The Balaban J connectivity index is 1.41. The van der Waals surface area contributed by atoms with Gasteiger partial charge in [0.05, 0.1) is 23.1 Å². The Labute approximate surface area is 184 Å². The molecule has 160 valence electrons. The first-order chi connectivity index (χ1) is 15.1. The molecule has 0 saturated heterocycles. The van der Waals surface area contributed by atoms with E-state index in [0.29, 0.717) is 29.8 Å². The predicted octanol–water partition coefficient (Wildman–Crippen LogP) is 3.19. The molecule has 2 aromatic carbocycles. The van der Waals surface area contributed by atoms with Gasteiger partial charge in [0.2, 0.25) is 11.8 Å². The number of nitrogens with zero attached hydrogens (tertiary/aromatic N) is 3. The minimum atomic E-state index is -0.221. The summed E-state index contributed by atoms with van der Waals surface area (Å²) in [6.07, 6.45) is 0.270. The second-order valence-electron chi connectivity index (χ2n) is 7.30. The van der Waals surface area contributed by atoms with Crippen LogP contribution >= 0.6 is 11.8 Å². The highest BCUT2D eigenvalue weighted by Crippen LogP contribution is 2.34. The van der Waals surface area contributed by atoms with Crippen LogP contribution in [-0.4, -0.2) is 45.5 Å². The minimum Gasteiger partial charge on any atom is -0.335 e. The number of aromatic nitrogens is 2. The number of H-pyrrole nitrogens is 1. The van der Waals surface area contributed by atoms with Crippen molar-refractivity contribution in [2.24, 2.45) is 0 Å². The van der Waals surface area contributed by atoms with Gasteiger partial charge in [0, 0.05) is 36.6 Å². The van der Waals surface area contributed by atoms with E-state index in [9.17, 15) is 14.4 Å². The van der Waals surface area contributed by atoms with Crippen LogP contribution in [0.15, 0.2) is 58.2 Å². The summed E-state index contributed by atoms with van der Waals surface area (Å²) >= 11 is 1.74. The highest BCUT2D eigenvalue weighted by molar-refractivity contribution is 7.99. The van der Waals surface area contributed by atoms with E-state index in [0.717, 1.165) is 16.3 Å². The topological polar surface area (TPSA) is 86.4 Å². The van der Waals surface area contributed by atoms with Crippen LogP contribution in [0.3, 0.4) is 0 Å². The van der Waals surface area contributed by atoms with E-state index in [1.807, 2.05) is 37.3 Å². The lowest BCUT2D eigenvalue weighted by atomic mass is 10.2. The molecule has 8 heteroatoms. The van der Waals surface area contributed by atoms with Crippen LogP contribution in [0.25, 0.3) is 10.9 Å². The maximum Gasteiger partial charge on any atom is 0.258 e. The van der Waals surface area contributed by atoms with Gasteiger partial charge in [-0.2, -0.15) is 0 Å². The molecule has 1 aliphatic rings. The van der Waals surface area contributed by atoms with Crippen LogP contribution in [0.4, 0.5) is 5.69 Å². The van der Waals surface area contributed by atoms with Gasteiger partial charge in [0.25, 0.3) is 5.56 Å². The second-order valence-corrected chi connectivity index (χ2v) is 8.44. The molecule has 2 heterocycles. The van der Waals surface area contributed by atoms with Crippen LogP contribution < -0.4 is 10.5 Å². The molecule has 0 unspecified atom stereocenters. The summed E-state index contributed by atoms with van der Waals surface area (Å²) in [6.45, 7) is 3.19. The molecule has 7 nitrogen and oxygen atoms in total. The Morgan fingerprint density at radius 1 is 1.13 bits per heavy atom. The van der Waals surface area contributed by atoms with Crippen LogP contribution in [0.5, 0.6) is 0 Å². The highest BCUT2D eigenvalue weighted by atomic mass is 32.2. The fourth-order valence-corrected chi connectivity index (χ4v) is 4.70. The number of thioether (sulfide) groups is 1. The standard InChI is InChI=1S/C23H24N4O3S/c1-2-26(15-20-24-17-8-4-3-7-16(17)23(30)25-20)21(28)11-12-22(29)27-13-14-31-19-10-6-5-9-18(19)27/h3-10H,2,11-15H2,1H3,(H,24,25,30). The zero-order valence-corrected chi connectivity index (χ0v) is 18.2. The molecule has 0 spiro atoms. The Morgan fingerprint density at radius 3 is 2.74 bits per heavy atom. The van der Waals surface area contributed by atoms with Crippen molar-refractivity contribution in [2.75, 3.05) is 23.7 Å². The lowest BCUT2D eigenvalue weighted by molar-refractivity contribution is -0.133. The highest BCUT2D eigenvalue weighted by Gasteiger charge is 2.24. The van der Waals surface area contributed by atoms with Gasteiger partial charge in [0.1, 0.15) is 5.82 Å². The van der Waals surface area contributed by atoms with Crippen molar-refractivity contribution in [1.29, 1.82) is 0 Å². The minimum absolute atomic E-state index is 0.0469. The molecule has 3 aromatic rings. The summed E-state index contributed by atoms with van der Waals surface area (Å²) in [5.74, 6) is 1.10. The molecule has 2 amide bonds. The lowest BCUT2D eigenvalue weighted by Crippen LogP contribution is -2.37. The quantitative estimate of drug-likeness (QED) is 0.641. The smallest absolute Gasteiger partial charge is 0.258 e. The van der Waals surface area contributed by atoms with Gasteiger partial charge < -0.3 is 14.8 Å². The van der Waals surface area contributed by atoms with Crippen LogP contribution in [0.2, 0.25) is 0 Å². The van der Waals surface area contributed by atoms with Gasteiger partial charge in [-0.05, 0) is 31.2 Å². The number of anilines is 1. The zero-order chi connectivity index (χ0) is 21.8. The summed E-state index contributed by atoms with van der Waals surface area (Å²) < 4.78 is 0. The first kappa shape index (κ1) is 21.1. The normalized spacial score (nSPS) is 13.1. The summed E-state index contributed by atoms with van der Waals surface area (Å²) in [5.41, 5.74) is 1.30. The van der Waals surface area contributed by atoms with Crippen molar-refractivity contribution in [1.82, 2.24) is 14.9 Å². The molecule has 1 N–H and O–H groups in total. The Kier molecular flexibility index (Phi) is 6.36. The fourth-order valence-electron chi connectivity index (χ4n) is 3.70. The summed E-state index contributed by atoms with van der Waals surface area (Å²) in [4.78, 5) is 49.6. The van der Waals surface area contributed by atoms with Crippen LogP contribution in [0, 0.1) is 0 Å². The largest absolute Gasteiger partial charge is 0.335 e. The molecule has 0 atom stereocenters. The summed E-state index contributed by atoms with van der Waals surface area (Å²) in [6, 6.07) is 15.0. The third-order valence-electron chi connectivity index (χ3n) is 5.32. The van der Waals surface area contributed by atoms with Crippen LogP contribution in [-0.2, 0) is 16.1 Å². The average molecular weight is 437 g/mol. The van der Waals surface area contributed by atoms with Gasteiger partial charge >= 0.3 is 0 Å². The summed E-state index contributed by atoms with van der Waals surface area (Å²) in [5, 5.41) is 0.520. The molecule has 31 heavy (non-hydrogen) atoms. The number of carbonyl (C=O) groups is 2. The Morgan fingerprint density at radius 2 is 1.90 bits per heavy atom. The lowest BCUT2D eigenvalue weighted by Gasteiger charge is -2.29. The van der Waals surface area contributed by atoms with Gasteiger partial charge in [-0.3, -0.25) is 14.4 Å². The van der Waals surface area contributed by atoms with Crippen LogP contribution in [0.1, 0.15) is 25.6 Å². The van der Waals surface area contributed by atoms with Crippen molar-refractivity contribution < 1.29 is 9.59 Å². The third kappa shape index (κ3) is 4.64. The average Bonchev–Trinajstić information content (AvgIpc) is 2.80. The third-order valence-corrected chi connectivity index (χ3v) is 6.36. The molecule has 0 saturated carbocycles. The van der Waals surface area contributed by atoms with E-state index >= 15 is 0 Å². The number of hydrogen-bond donors (Lipinski definition) is 1. The van der Waals surface area contributed by atoms with Crippen molar-refractivity contribution in [3.05, 3.63) is 64.7 Å². The molecule has 4 rings (SSSR count). The molecule has 0 aliphatic carbocycles. The number of para-hydroxylation sites is 2. The van der Waals surface area contributed by atoms with Gasteiger partial charge in [-0.25, -0.2) is 4.98 Å². The van der Waals surface area contributed by atoms with Gasteiger partial charge in [0.15, 0.2) is 0 Å². The molecule has 1 aromatic heterocycles. The van der Waals surface area contributed by atoms with Gasteiger partial charge in [-0.1, -0.05) is 24.3 Å².